The molecule has 0 saturated heterocycles. The number of carbonyl (C=O) groups is 1. The average Bonchev–Trinajstić information content (AvgIpc) is 2.65. The third-order valence-electron chi connectivity index (χ3n) is 3.66. The number of rotatable bonds is 7. The summed E-state index contributed by atoms with van der Waals surface area (Å²) in [5.41, 5.74) is 0.619. The molecule has 8 nitrogen and oxygen atoms in total. The van der Waals surface area contributed by atoms with E-state index >= 15 is 0 Å². The molecule has 0 aliphatic carbocycles. The van der Waals surface area contributed by atoms with Crippen LogP contribution in [-0.2, 0) is 14.8 Å². The molecule has 2 aromatic carbocycles. The Morgan fingerprint density at radius 1 is 1.19 bits per heavy atom. The maximum Gasteiger partial charge on any atom is 0.245 e. The molecule has 0 heterocycles. The lowest BCUT2D eigenvalue weighted by Gasteiger charge is -2.23. The number of amides is 1. The van der Waals surface area contributed by atoms with Crippen molar-refractivity contribution < 1.29 is 22.7 Å². The molecule has 0 atom stereocenters. The zero-order chi connectivity index (χ0) is 20.0. The number of sulfonamides is 1. The molecule has 0 radical (unpaired) electrons. The van der Waals surface area contributed by atoms with Crippen LogP contribution < -0.4 is 19.1 Å². The van der Waals surface area contributed by atoms with Crippen molar-refractivity contribution in [3.8, 4) is 17.6 Å². The Balaban J connectivity index is 2.32. The summed E-state index contributed by atoms with van der Waals surface area (Å²) >= 11 is 0. The van der Waals surface area contributed by atoms with Crippen LogP contribution in [-0.4, -0.2) is 41.3 Å². The van der Waals surface area contributed by atoms with Crippen molar-refractivity contribution in [1.82, 2.24) is 0 Å². The second-order valence-corrected chi connectivity index (χ2v) is 7.42. The number of carbonyl (C=O) groups excluding carboxylic acids is 1. The molecule has 0 aliphatic rings. The number of nitriles is 1. The van der Waals surface area contributed by atoms with E-state index in [1.807, 2.05) is 6.07 Å². The van der Waals surface area contributed by atoms with E-state index in [4.69, 9.17) is 9.47 Å². The molecule has 9 heteroatoms. The van der Waals surface area contributed by atoms with Gasteiger partial charge in [-0.3, -0.25) is 9.10 Å². The molecule has 0 saturated carbocycles. The van der Waals surface area contributed by atoms with Crippen LogP contribution in [0.15, 0.2) is 42.5 Å². The van der Waals surface area contributed by atoms with Crippen LogP contribution >= 0.6 is 0 Å². The highest BCUT2D eigenvalue weighted by Gasteiger charge is 2.23. The highest BCUT2D eigenvalue weighted by Crippen LogP contribution is 2.29. The standard InChI is InChI=1S/C18H19N3O5S/c1-25-14-8-9-17(26-2)15(10-14)20-18(22)12-21(27(3,23)24)16-7-5-4-6-13(16)11-19/h4-10H,12H2,1-3H3,(H,20,22). The number of benzene rings is 2. The molecule has 2 aromatic rings. The number of nitrogens with one attached hydrogen (secondary N) is 1. The van der Waals surface area contributed by atoms with Crippen molar-refractivity contribution >= 4 is 27.3 Å². The summed E-state index contributed by atoms with van der Waals surface area (Å²) in [5.74, 6) is 0.299. The van der Waals surface area contributed by atoms with Gasteiger partial charge in [0.2, 0.25) is 15.9 Å². The maximum absolute atomic E-state index is 12.5. The van der Waals surface area contributed by atoms with Crippen LogP contribution in [0.2, 0.25) is 0 Å². The van der Waals surface area contributed by atoms with E-state index in [0.717, 1.165) is 10.6 Å². The van der Waals surface area contributed by atoms with Gasteiger partial charge in [-0.05, 0) is 24.3 Å². The van der Waals surface area contributed by atoms with E-state index in [-0.39, 0.29) is 11.3 Å². The summed E-state index contributed by atoms with van der Waals surface area (Å²) in [6, 6.07) is 12.9. The Morgan fingerprint density at radius 3 is 2.48 bits per heavy atom. The molecule has 142 valence electrons. The first-order chi connectivity index (χ1) is 12.8. The maximum atomic E-state index is 12.5. The lowest BCUT2D eigenvalue weighted by Crippen LogP contribution is -2.38. The van der Waals surface area contributed by atoms with E-state index < -0.39 is 22.5 Å². The molecule has 2 rings (SSSR count). The van der Waals surface area contributed by atoms with Gasteiger partial charge < -0.3 is 14.8 Å². The van der Waals surface area contributed by atoms with Crippen LogP contribution in [0.5, 0.6) is 11.5 Å². The fourth-order valence-electron chi connectivity index (χ4n) is 2.40. The second kappa shape index (κ2) is 8.42. The van der Waals surface area contributed by atoms with Gasteiger partial charge in [-0.1, -0.05) is 12.1 Å². The number of anilines is 2. The van der Waals surface area contributed by atoms with E-state index in [1.54, 1.807) is 30.3 Å². The van der Waals surface area contributed by atoms with Gasteiger partial charge in [-0.25, -0.2) is 8.42 Å². The van der Waals surface area contributed by atoms with Crippen LogP contribution in [0.25, 0.3) is 0 Å². The Kier molecular flexibility index (Phi) is 6.26. The quantitative estimate of drug-likeness (QED) is 0.776. The zero-order valence-electron chi connectivity index (χ0n) is 15.1. The molecule has 0 unspecified atom stereocenters. The fourth-order valence-corrected chi connectivity index (χ4v) is 3.27. The van der Waals surface area contributed by atoms with Gasteiger partial charge >= 0.3 is 0 Å². The third kappa shape index (κ3) is 4.89. The van der Waals surface area contributed by atoms with Gasteiger partial charge in [0.05, 0.1) is 37.4 Å². The Hall–Kier alpha value is -3.25. The smallest absolute Gasteiger partial charge is 0.245 e. The highest BCUT2D eigenvalue weighted by molar-refractivity contribution is 7.92. The second-order valence-electron chi connectivity index (χ2n) is 5.51. The largest absolute Gasteiger partial charge is 0.497 e. The molecule has 0 aliphatic heterocycles. The van der Waals surface area contributed by atoms with Gasteiger partial charge in [-0.2, -0.15) is 5.26 Å². The van der Waals surface area contributed by atoms with Gasteiger partial charge in [0.15, 0.2) is 0 Å². The minimum absolute atomic E-state index is 0.134. The molecular formula is C18H19N3O5S. The van der Waals surface area contributed by atoms with Crippen molar-refractivity contribution in [3.63, 3.8) is 0 Å². The summed E-state index contributed by atoms with van der Waals surface area (Å²) in [5, 5.41) is 11.8. The minimum Gasteiger partial charge on any atom is -0.497 e. The van der Waals surface area contributed by atoms with Crippen LogP contribution in [0.1, 0.15) is 5.56 Å². The Labute approximate surface area is 158 Å². The third-order valence-corrected chi connectivity index (χ3v) is 4.79. The van der Waals surface area contributed by atoms with Crippen molar-refractivity contribution in [2.75, 3.05) is 36.6 Å². The summed E-state index contributed by atoms with van der Waals surface area (Å²) < 4.78 is 35.6. The number of methoxy groups -OCH3 is 2. The number of hydrogen-bond acceptors (Lipinski definition) is 6. The molecule has 0 spiro atoms. The van der Waals surface area contributed by atoms with Gasteiger partial charge in [-0.15, -0.1) is 0 Å². The number of nitrogens with zero attached hydrogens (tertiary/aromatic N) is 2. The topological polar surface area (TPSA) is 109 Å². The summed E-state index contributed by atoms with van der Waals surface area (Å²) in [4.78, 5) is 12.5. The molecule has 0 aromatic heterocycles. The monoisotopic (exact) mass is 389 g/mol. The molecule has 1 amide bonds. The SMILES string of the molecule is COc1ccc(OC)c(NC(=O)CN(c2ccccc2C#N)S(C)(=O)=O)c1. The van der Waals surface area contributed by atoms with Crippen molar-refractivity contribution in [2.45, 2.75) is 0 Å². The summed E-state index contributed by atoms with van der Waals surface area (Å²) in [6.45, 7) is -0.502. The van der Waals surface area contributed by atoms with Crippen LogP contribution in [0.3, 0.4) is 0 Å². The number of ether oxygens (including phenoxy) is 2. The Bertz CT molecular complexity index is 983. The number of hydrogen-bond donors (Lipinski definition) is 1. The molecular weight excluding hydrogens is 370 g/mol. The van der Waals surface area contributed by atoms with Gasteiger partial charge in [0.25, 0.3) is 0 Å². The molecule has 0 fully saturated rings. The Morgan fingerprint density at radius 2 is 1.89 bits per heavy atom. The van der Waals surface area contributed by atoms with E-state index in [1.165, 1.54) is 26.4 Å². The summed E-state index contributed by atoms with van der Waals surface area (Å²) in [7, 11) is -0.869. The average molecular weight is 389 g/mol. The van der Waals surface area contributed by atoms with E-state index in [9.17, 15) is 18.5 Å². The lowest BCUT2D eigenvalue weighted by atomic mass is 10.2. The molecule has 0 bridgehead atoms. The van der Waals surface area contributed by atoms with Crippen LogP contribution in [0, 0.1) is 11.3 Å². The van der Waals surface area contributed by atoms with Crippen molar-refractivity contribution in [1.29, 1.82) is 5.26 Å². The normalized spacial score (nSPS) is 10.6. The first-order valence-electron chi connectivity index (χ1n) is 7.79. The lowest BCUT2D eigenvalue weighted by molar-refractivity contribution is -0.114. The first-order valence-corrected chi connectivity index (χ1v) is 9.63. The number of para-hydroxylation sites is 1. The predicted molar refractivity (Wildman–Crippen MR) is 102 cm³/mol. The van der Waals surface area contributed by atoms with Crippen molar-refractivity contribution in [2.24, 2.45) is 0 Å². The first kappa shape index (κ1) is 20.1. The molecule has 27 heavy (non-hydrogen) atoms. The van der Waals surface area contributed by atoms with E-state index in [0.29, 0.717) is 17.2 Å². The fraction of sp³-hybridized carbons (Fsp3) is 0.222. The highest BCUT2D eigenvalue weighted by atomic mass is 32.2. The zero-order valence-corrected chi connectivity index (χ0v) is 15.9. The van der Waals surface area contributed by atoms with Gasteiger partial charge in [0, 0.05) is 6.07 Å². The van der Waals surface area contributed by atoms with E-state index in [2.05, 4.69) is 5.32 Å². The van der Waals surface area contributed by atoms with Crippen molar-refractivity contribution in [3.05, 3.63) is 48.0 Å². The predicted octanol–water partition coefficient (Wildman–Crippen LogP) is 1.98. The minimum atomic E-state index is -3.80. The van der Waals surface area contributed by atoms with Gasteiger partial charge in [0.1, 0.15) is 24.1 Å². The molecule has 1 N–H and O–H groups in total. The van der Waals surface area contributed by atoms with Crippen LogP contribution in [0.4, 0.5) is 11.4 Å². The summed E-state index contributed by atoms with van der Waals surface area (Å²) in [6.07, 6.45) is 0.973.